The summed E-state index contributed by atoms with van der Waals surface area (Å²) in [4.78, 5) is 0. The number of hydrogen-bond acceptors (Lipinski definition) is 3. The van der Waals surface area contributed by atoms with Crippen molar-refractivity contribution in [2.24, 2.45) is 0 Å². The first kappa shape index (κ1) is 28.7. The topological polar surface area (TPSA) is 49.7 Å². The van der Waals surface area contributed by atoms with Crippen LogP contribution in [0.4, 0.5) is 0 Å². The standard InChI is InChI=1S/C29H52O3/c1-4-7-10-12-14-16-18-24-29(23-9-6-3,25-19-17-15-13-11-8-5-2)32-27-22-20-21-26(30)28(27)31/h20-22,30-31H,4-19,23-25H2,1-3H3. The predicted octanol–water partition coefficient (Wildman–Crippen LogP) is 9.69. The number of rotatable bonds is 21. The first-order valence-electron chi connectivity index (χ1n) is 13.8. The lowest BCUT2D eigenvalue weighted by Gasteiger charge is -2.35. The van der Waals surface area contributed by atoms with Crippen molar-refractivity contribution in [3.8, 4) is 17.2 Å². The SMILES string of the molecule is CCCCCCCCCC(CCCC)(CCCCCCCCC)Oc1cccc(O)c1O. The predicted molar refractivity (Wildman–Crippen MR) is 138 cm³/mol. The van der Waals surface area contributed by atoms with E-state index in [0.29, 0.717) is 5.75 Å². The number of phenolic OH excluding ortho intramolecular Hbond substituents is 2. The Morgan fingerprint density at radius 2 is 1.03 bits per heavy atom. The van der Waals surface area contributed by atoms with Gasteiger partial charge in [0.05, 0.1) is 0 Å². The summed E-state index contributed by atoms with van der Waals surface area (Å²) in [5, 5.41) is 20.4. The van der Waals surface area contributed by atoms with E-state index in [1.165, 1.54) is 96.0 Å². The van der Waals surface area contributed by atoms with Gasteiger partial charge in [0, 0.05) is 0 Å². The van der Waals surface area contributed by atoms with Crippen LogP contribution in [0, 0.1) is 0 Å². The fourth-order valence-electron chi connectivity index (χ4n) is 4.66. The number of para-hydroxylation sites is 1. The van der Waals surface area contributed by atoms with Gasteiger partial charge in [-0.3, -0.25) is 0 Å². The molecule has 0 aromatic heterocycles. The van der Waals surface area contributed by atoms with Gasteiger partial charge in [0.1, 0.15) is 5.60 Å². The average Bonchev–Trinajstić information content (AvgIpc) is 2.79. The third-order valence-electron chi connectivity index (χ3n) is 6.76. The summed E-state index contributed by atoms with van der Waals surface area (Å²) in [6.07, 6.45) is 23.5. The lowest BCUT2D eigenvalue weighted by Crippen LogP contribution is -2.36. The van der Waals surface area contributed by atoms with Crippen LogP contribution < -0.4 is 4.74 Å². The Hall–Kier alpha value is -1.38. The van der Waals surface area contributed by atoms with Crippen LogP contribution in [0.2, 0.25) is 0 Å². The Labute approximate surface area is 199 Å². The molecule has 0 aliphatic carbocycles. The van der Waals surface area contributed by atoms with E-state index in [9.17, 15) is 10.2 Å². The molecule has 0 saturated heterocycles. The second-order valence-electron chi connectivity index (χ2n) is 9.76. The molecule has 3 nitrogen and oxygen atoms in total. The summed E-state index contributed by atoms with van der Waals surface area (Å²) in [6.45, 7) is 6.76. The fraction of sp³-hybridized carbons (Fsp3) is 0.793. The zero-order valence-corrected chi connectivity index (χ0v) is 21.5. The van der Waals surface area contributed by atoms with E-state index in [1.54, 1.807) is 12.1 Å². The minimum Gasteiger partial charge on any atom is -0.504 e. The zero-order valence-electron chi connectivity index (χ0n) is 21.5. The van der Waals surface area contributed by atoms with Gasteiger partial charge >= 0.3 is 0 Å². The highest BCUT2D eigenvalue weighted by molar-refractivity contribution is 5.49. The van der Waals surface area contributed by atoms with Gasteiger partial charge in [0.15, 0.2) is 11.5 Å². The molecule has 0 unspecified atom stereocenters. The van der Waals surface area contributed by atoms with Crippen molar-refractivity contribution in [1.82, 2.24) is 0 Å². The fourth-order valence-corrected chi connectivity index (χ4v) is 4.66. The van der Waals surface area contributed by atoms with Crippen LogP contribution in [0.15, 0.2) is 18.2 Å². The normalized spacial score (nSPS) is 11.7. The van der Waals surface area contributed by atoms with Crippen LogP contribution in [0.5, 0.6) is 17.2 Å². The van der Waals surface area contributed by atoms with E-state index >= 15 is 0 Å². The number of unbranched alkanes of at least 4 members (excludes halogenated alkanes) is 13. The van der Waals surface area contributed by atoms with Gasteiger partial charge in [0.25, 0.3) is 0 Å². The maximum atomic E-state index is 10.4. The lowest BCUT2D eigenvalue weighted by atomic mass is 9.84. The number of ether oxygens (including phenoxy) is 1. The average molecular weight is 449 g/mol. The Balaban J connectivity index is 2.76. The van der Waals surface area contributed by atoms with E-state index in [1.807, 2.05) is 0 Å². The molecule has 32 heavy (non-hydrogen) atoms. The molecule has 3 heteroatoms. The second-order valence-corrected chi connectivity index (χ2v) is 9.76. The summed E-state index contributed by atoms with van der Waals surface area (Å²) in [5.74, 6) is 0.221. The third-order valence-corrected chi connectivity index (χ3v) is 6.76. The van der Waals surface area contributed by atoms with Gasteiger partial charge in [-0.25, -0.2) is 0 Å². The van der Waals surface area contributed by atoms with Gasteiger partial charge in [-0.15, -0.1) is 0 Å². The Morgan fingerprint density at radius 1 is 0.594 bits per heavy atom. The Bertz CT molecular complexity index is 552. The van der Waals surface area contributed by atoms with Gasteiger partial charge < -0.3 is 14.9 Å². The Kier molecular flexibility index (Phi) is 16.2. The first-order chi connectivity index (χ1) is 15.6. The number of aromatic hydroxyl groups is 2. The molecule has 2 N–H and O–H groups in total. The summed E-state index contributed by atoms with van der Waals surface area (Å²) in [5.41, 5.74) is -0.242. The van der Waals surface area contributed by atoms with E-state index in [0.717, 1.165) is 32.1 Å². The van der Waals surface area contributed by atoms with Crippen LogP contribution in [-0.4, -0.2) is 15.8 Å². The van der Waals surface area contributed by atoms with E-state index < -0.39 is 0 Å². The van der Waals surface area contributed by atoms with Gasteiger partial charge in [0.2, 0.25) is 5.75 Å². The van der Waals surface area contributed by atoms with Crippen molar-refractivity contribution in [3.05, 3.63) is 18.2 Å². The van der Waals surface area contributed by atoms with Crippen LogP contribution in [0.3, 0.4) is 0 Å². The molecule has 0 atom stereocenters. The number of phenols is 2. The van der Waals surface area contributed by atoms with Crippen molar-refractivity contribution >= 4 is 0 Å². The summed E-state index contributed by atoms with van der Waals surface area (Å²) >= 11 is 0. The zero-order chi connectivity index (χ0) is 23.5. The van der Waals surface area contributed by atoms with E-state index in [2.05, 4.69) is 20.8 Å². The monoisotopic (exact) mass is 448 g/mol. The highest BCUT2D eigenvalue weighted by atomic mass is 16.5. The molecule has 0 heterocycles. The van der Waals surface area contributed by atoms with Crippen LogP contribution in [0.1, 0.15) is 143 Å². The van der Waals surface area contributed by atoms with Gasteiger partial charge in [-0.05, 0) is 50.7 Å². The molecule has 186 valence electrons. The molecule has 1 aromatic carbocycles. The van der Waals surface area contributed by atoms with Gasteiger partial charge in [-0.1, -0.05) is 110 Å². The molecule has 0 spiro atoms. The van der Waals surface area contributed by atoms with E-state index in [4.69, 9.17) is 4.74 Å². The maximum Gasteiger partial charge on any atom is 0.200 e. The summed E-state index contributed by atoms with van der Waals surface area (Å²) in [7, 11) is 0. The van der Waals surface area contributed by atoms with Crippen molar-refractivity contribution in [3.63, 3.8) is 0 Å². The number of benzene rings is 1. The minimum absolute atomic E-state index is 0.0984. The van der Waals surface area contributed by atoms with Crippen molar-refractivity contribution in [2.45, 2.75) is 148 Å². The van der Waals surface area contributed by atoms with Crippen LogP contribution in [-0.2, 0) is 0 Å². The van der Waals surface area contributed by atoms with Gasteiger partial charge in [-0.2, -0.15) is 0 Å². The number of hydrogen-bond donors (Lipinski definition) is 2. The van der Waals surface area contributed by atoms with Crippen LogP contribution in [0.25, 0.3) is 0 Å². The highest BCUT2D eigenvalue weighted by Gasteiger charge is 2.32. The molecular weight excluding hydrogens is 396 g/mol. The lowest BCUT2D eigenvalue weighted by molar-refractivity contribution is 0.0309. The maximum absolute atomic E-state index is 10.4. The van der Waals surface area contributed by atoms with E-state index in [-0.39, 0.29) is 17.1 Å². The molecular formula is C29H52O3. The van der Waals surface area contributed by atoms with Crippen molar-refractivity contribution in [2.75, 3.05) is 0 Å². The molecule has 0 bridgehead atoms. The molecule has 0 radical (unpaired) electrons. The largest absolute Gasteiger partial charge is 0.504 e. The third kappa shape index (κ3) is 12.0. The Morgan fingerprint density at radius 3 is 1.53 bits per heavy atom. The first-order valence-corrected chi connectivity index (χ1v) is 13.8. The summed E-state index contributed by atoms with van der Waals surface area (Å²) in [6, 6.07) is 5.07. The van der Waals surface area contributed by atoms with Crippen molar-refractivity contribution in [1.29, 1.82) is 0 Å². The summed E-state index contributed by atoms with van der Waals surface area (Å²) < 4.78 is 6.60. The molecule has 1 rings (SSSR count). The quantitative estimate of drug-likeness (QED) is 0.145. The minimum atomic E-state index is -0.242. The van der Waals surface area contributed by atoms with Crippen LogP contribution >= 0.6 is 0 Å². The molecule has 0 fully saturated rings. The van der Waals surface area contributed by atoms with Crippen molar-refractivity contribution < 1.29 is 14.9 Å². The molecule has 0 aliphatic heterocycles. The molecule has 0 aliphatic rings. The molecule has 0 amide bonds. The molecule has 1 aromatic rings. The second kappa shape index (κ2) is 18.1. The molecule has 0 saturated carbocycles. The highest BCUT2D eigenvalue weighted by Crippen LogP contribution is 2.41. The smallest absolute Gasteiger partial charge is 0.200 e.